The molecule has 1 amide bonds. The van der Waals surface area contributed by atoms with Gasteiger partial charge in [0.15, 0.2) is 5.82 Å². The molecule has 0 radical (unpaired) electrons. The molecule has 7 heteroatoms. The Kier molecular flexibility index (Phi) is 5.22. The van der Waals surface area contributed by atoms with Crippen molar-refractivity contribution in [1.29, 1.82) is 0 Å². The van der Waals surface area contributed by atoms with E-state index in [0.717, 1.165) is 31.6 Å². The molecule has 0 aliphatic carbocycles. The van der Waals surface area contributed by atoms with Gasteiger partial charge >= 0.3 is 0 Å². The number of piperidine rings is 1. The highest BCUT2D eigenvalue weighted by Gasteiger charge is 2.39. The third-order valence-corrected chi connectivity index (χ3v) is 4.28. The van der Waals surface area contributed by atoms with E-state index in [4.69, 9.17) is 9.26 Å². The fraction of sp³-hybridized carbons (Fsp3) is 0.471. The Labute approximate surface area is 140 Å². The van der Waals surface area contributed by atoms with Crippen LogP contribution in [0.15, 0.2) is 34.9 Å². The number of nitrogens with one attached hydrogen (secondary N) is 2. The highest BCUT2D eigenvalue weighted by atomic mass is 16.5. The van der Waals surface area contributed by atoms with Crippen molar-refractivity contribution in [3.05, 3.63) is 42.0 Å². The summed E-state index contributed by atoms with van der Waals surface area (Å²) in [6, 6.07) is 9.31. The summed E-state index contributed by atoms with van der Waals surface area (Å²) in [6.45, 7) is 2.30. The Morgan fingerprint density at radius 3 is 2.79 bits per heavy atom. The van der Waals surface area contributed by atoms with Gasteiger partial charge in [-0.3, -0.25) is 4.79 Å². The minimum Gasteiger partial charge on any atom is -0.384 e. The maximum Gasteiger partial charge on any atom is 0.235 e. The van der Waals surface area contributed by atoms with E-state index in [0.29, 0.717) is 18.3 Å². The molecule has 128 valence electrons. The standard InChI is InChI=1S/C17H22N4O3/c1-23-12-17(7-9-18-10-8-17)16-20-14(21-24-16)11-15(22)19-13-5-3-2-4-6-13/h2-6,18H,7-12H2,1H3,(H,19,22). The molecule has 1 aliphatic heterocycles. The minimum atomic E-state index is -0.263. The zero-order chi connectivity index (χ0) is 16.8. The molecular formula is C17H22N4O3. The number of methoxy groups -OCH3 is 1. The van der Waals surface area contributed by atoms with E-state index in [-0.39, 0.29) is 17.7 Å². The summed E-state index contributed by atoms with van der Waals surface area (Å²) in [7, 11) is 1.67. The van der Waals surface area contributed by atoms with E-state index in [9.17, 15) is 4.79 Å². The third kappa shape index (κ3) is 3.80. The van der Waals surface area contributed by atoms with E-state index in [1.165, 1.54) is 0 Å². The van der Waals surface area contributed by atoms with Crippen LogP contribution < -0.4 is 10.6 Å². The molecule has 0 unspecified atom stereocenters. The van der Waals surface area contributed by atoms with Gasteiger partial charge in [0, 0.05) is 12.8 Å². The molecule has 3 rings (SSSR count). The van der Waals surface area contributed by atoms with E-state index < -0.39 is 0 Å². The number of carbonyl (C=O) groups is 1. The Bertz CT molecular complexity index is 660. The molecule has 0 bridgehead atoms. The van der Waals surface area contributed by atoms with Crippen LogP contribution in [0, 0.1) is 0 Å². The maximum atomic E-state index is 12.1. The lowest BCUT2D eigenvalue weighted by molar-refractivity contribution is -0.115. The van der Waals surface area contributed by atoms with Gasteiger partial charge in [-0.15, -0.1) is 0 Å². The number of ether oxygens (including phenoxy) is 1. The van der Waals surface area contributed by atoms with Crippen molar-refractivity contribution in [2.45, 2.75) is 24.7 Å². The van der Waals surface area contributed by atoms with Gasteiger partial charge in [0.1, 0.15) is 0 Å². The van der Waals surface area contributed by atoms with Gasteiger partial charge in [-0.2, -0.15) is 4.98 Å². The van der Waals surface area contributed by atoms with Crippen LogP contribution >= 0.6 is 0 Å². The van der Waals surface area contributed by atoms with Crippen molar-refractivity contribution >= 4 is 11.6 Å². The first kappa shape index (κ1) is 16.6. The average molecular weight is 330 g/mol. The van der Waals surface area contributed by atoms with Gasteiger partial charge in [0.05, 0.1) is 18.4 Å². The number of rotatable bonds is 6. The number of amides is 1. The molecule has 2 aromatic rings. The number of aromatic nitrogens is 2. The molecule has 1 aliphatic rings. The summed E-state index contributed by atoms with van der Waals surface area (Å²) in [5.74, 6) is 0.792. The molecule has 1 fully saturated rings. The van der Waals surface area contributed by atoms with E-state index in [1.807, 2.05) is 30.3 Å². The van der Waals surface area contributed by atoms with Gasteiger partial charge in [-0.05, 0) is 38.1 Å². The number of nitrogens with zero attached hydrogens (tertiary/aromatic N) is 2. The van der Waals surface area contributed by atoms with Crippen molar-refractivity contribution in [2.24, 2.45) is 0 Å². The van der Waals surface area contributed by atoms with Crippen LogP contribution in [0.3, 0.4) is 0 Å². The predicted octanol–water partition coefficient (Wildman–Crippen LogP) is 1.52. The molecule has 7 nitrogen and oxygen atoms in total. The number of hydrogen-bond acceptors (Lipinski definition) is 6. The average Bonchev–Trinajstić information content (AvgIpc) is 3.06. The summed E-state index contributed by atoms with van der Waals surface area (Å²) in [4.78, 5) is 16.6. The molecule has 0 atom stereocenters. The van der Waals surface area contributed by atoms with Crippen molar-refractivity contribution in [3.63, 3.8) is 0 Å². The lowest BCUT2D eigenvalue weighted by Crippen LogP contribution is -2.43. The monoisotopic (exact) mass is 330 g/mol. The number of anilines is 1. The van der Waals surface area contributed by atoms with Crippen molar-refractivity contribution in [3.8, 4) is 0 Å². The smallest absolute Gasteiger partial charge is 0.235 e. The summed E-state index contributed by atoms with van der Waals surface area (Å²) < 4.78 is 10.8. The maximum absolute atomic E-state index is 12.1. The zero-order valence-corrected chi connectivity index (χ0v) is 13.7. The first-order valence-corrected chi connectivity index (χ1v) is 8.09. The van der Waals surface area contributed by atoms with Crippen molar-refractivity contribution < 1.29 is 14.1 Å². The van der Waals surface area contributed by atoms with Crippen molar-refractivity contribution in [2.75, 3.05) is 32.1 Å². The lowest BCUT2D eigenvalue weighted by Gasteiger charge is -2.33. The molecule has 1 saturated heterocycles. The summed E-state index contributed by atoms with van der Waals surface area (Å²) in [6.07, 6.45) is 1.83. The van der Waals surface area contributed by atoms with Crippen LogP contribution in [0.4, 0.5) is 5.69 Å². The molecule has 1 aromatic heterocycles. The Balaban J connectivity index is 1.67. The van der Waals surface area contributed by atoms with Gasteiger partial charge in [-0.1, -0.05) is 23.4 Å². The number of hydrogen-bond donors (Lipinski definition) is 2. The van der Waals surface area contributed by atoms with Gasteiger partial charge in [0.2, 0.25) is 11.8 Å². The van der Waals surface area contributed by atoms with Crippen LogP contribution in [0.2, 0.25) is 0 Å². The molecule has 1 aromatic carbocycles. The zero-order valence-electron chi connectivity index (χ0n) is 13.7. The van der Waals surface area contributed by atoms with Crippen LogP contribution in [0.5, 0.6) is 0 Å². The Morgan fingerprint density at radius 1 is 1.33 bits per heavy atom. The normalized spacial score (nSPS) is 16.7. The Morgan fingerprint density at radius 2 is 2.08 bits per heavy atom. The highest BCUT2D eigenvalue weighted by Crippen LogP contribution is 2.32. The topological polar surface area (TPSA) is 89.3 Å². The largest absolute Gasteiger partial charge is 0.384 e. The summed E-state index contributed by atoms with van der Waals surface area (Å²) >= 11 is 0. The second kappa shape index (κ2) is 7.55. The molecule has 2 heterocycles. The lowest BCUT2D eigenvalue weighted by atomic mass is 9.79. The first-order chi connectivity index (χ1) is 11.7. The fourth-order valence-corrected chi connectivity index (χ4v) is 3.01. The van der Waals surface area contributed by atoms with Crippen molar-refractivity contribution in [1.82, 2.24) is 15.5 Å². The van der Waals surface area contributed by atoms with Gasteiger partial charge < -0.3 is 19.9 Å². The predicted molar refractivity (Wildman–Crippen MR) is 88.7 cm³/mol. The van der Waals surface area contributed by atoms with Crippen LogP contribution in [-0.2, 0) is 21.4 Å². The summed E-state index contributed by atoms with van der Waals surface area (Å²) in [5.41, 5.74) is 0.488. The molecule has 24 heavy (non-hydrogen) atoms. The van der Waals surface area contributed by atoms with Crippen LogP contribution in [-0.4, -0.2) is 42.9 Å². The SMILES string of the molecule is COCC1(c2nc(CC(=O)Nc3ccccc3)no2)CCNCC1. The molecular weight excluding hydrogens is 308 g/mol. The fourth-order valence-electron chi connectivity index (χ4n) is 3.01. The summed E-state index contributed by atoms with van der Waals surface area (Å²) in [5, 5.41) is 10.1. The number of carbonyl (C=O) groups excluding carboxylic acids is 1. The van der Waals surface area contributed by atoms with Gasteiger partial charge in [0.25, 0.3) is 0 Å². The Hall–Kier alpha value is -2.25. The molecule has 2 N–H and O–H groups in total. The quantitative estimate of drug-likeness (QED) is 0.835. The van der Waals surface area contributed by atoms with E-state index in [2.05, 4.69) is 20.8 Å². The minimum absolute atomic E-state index is 0.0830. The second-order valence-corrected chi connectivity index (χ2v) is 6.07. The van der Waals surface area contributed by atoms with Crippen LogP contribution in [0.1, 0.15) is 24.6 Å². The van der Waals surface area contributed by atoms with E-state index in [1.54, 1.807) is 7.11 Å². The highest BCUT2D eigenvalue weighted by molar-refractivity contribution is 5.91. The van der Waals surface area contributed by atoms with E-state index >= 15 is 0 Å². The van der Waals surface area contributed by atoms with Crippen LogP contribution in [0.25, 0.3) is 0 Å². The second-order valence-electron chi connectivity index (χ2n) is 6.07. The first-order valence-electron chi connectivity index (χ1n) is 8.09. The third-order valence-electron chi connectivity index (χ3n) is 4.28. The molecule has 0 spiro atoms. The van der Waals surface area contributed by atoms with Gasteiger partial charge in [-0.25, -0.2) is 0 Å². The number of para-hydroxylation sites is 1. The number of benzene rings is 1. The molecule has 0 saturated carbocycles.